The van der Waals surface area contributed by atoms with Crippen LogP contribution in [0.3, 0.4) is 0 Å². The summed E-state index contributed by atoms with van der Waals surface area (Å²) in [5.41, 5.74) is 3.87. The fourth-order valence-corrected chi connectivity index (χ4v) is 2.78. The predicted octanol–water partition coefficient (Wildman–Crippen LogP) is 3.17. The molecule has 1 amide bonds. The van der Waals surface area contributed by atoms with Gasteiger partial charge in [-0.3, -0.25) is 9.59 Å². The Balaban J connectivity index is 1.82. The largest absolute Gasteiger partial charge is 0.497 e. The first-order valence-corrected chi connectivity index (χ1v) is 8.56. The molecule has 0 aliphatic carbocycles. The van der Waals surface area contributed by atoms with Crippen LogP contribution in [0.4, 0.5) is 5.69 Å². The van der Waals surface area contributed by atoms with Crippen molar-refractivity contribution in [2.45, 2.75) is 20.4 Å². The van der Waals surface area contributed by atoms with Crippen molar-refractivity contribution < 1.29 is 9.53 Å². The van der Waals surface area contributed by atoms with E-state index in [-0.39, 0.29) is 18.0 Å². The lowest BCUT2D eigenvalue weighted by Crippen LogP contribution is -2.29. The van der Waals surface area contributed by atoms with Crippen molar-refractivity contribution in [2.75, 3.05) is 12.4 Å². The van der Waals surface area contributed by atoms with Gasteiger partial charge >= 0.3 is 0 Å². The highest BCUT2D eigenvalue weighted by Crippen LogP contribution is 2.21. The van der Waals surface area contributed by atoms with Gasteiger partial charge in [-0.15, -0.1) is 0 Å². The topological polar surface area (TPSA) is 73.2 Å². The zero-order valence-corrected chi connectivity index (χ0v) is 15.5. The number of nitrogens with one attached hydrogen (secondary N) is 1. The van der Waals surface area contributed by atoms with E-state index < -0.39 is 0 Å². The number of ether oxygens (including phenoxy) is 1. The summed E-state index contributed by atoms with van der Waals surface area (Å²) in [5, 5.41) is 7.16. The number of nitrogens with zero attached hydrogens (tertiary/aromatic N) is 2. The molecule has 1 aromatic heterocycles. The molecule has 27 heavy (non-hydrogen) atoms. The van der Waals surface area contributed by atoms with E-state index in [0.717, 1.165) is 27.1 Å². The minimum atomic E-state index is -0.336. The third-order valence-corrected chi connectivity index (χ3v) is 4.18. The summed E-state index contributed by atoms with van der Waals surface area (Å²) in [4.78, 5) is 24.5. The lowest BCUT2D eigenvalue weighted by molar-refractivity contribution is -0.117. The number of anilines is 1. The minimum Gasteiger partial charge on any atom is -0.497 e. The third-order valence-electron chi connectivity index (χ3n) is 4.18. The van der Waals surface area contributed by atoms with Gasteiger partial charge < -0.3 is 10.1 Å². The van der Waals surface area contributed by atoms with E-state index in [4.69, 9.17) is 4.74 Å². The van der Waals surface area contributed by atoms with Crippen LogP contribution < -0.4 is 15.6 Å². The summed E-state index contributed by atoms with van der Waals surface area (Å²) in [7, 11) is 1.59. The Morgan fingerprint density at radius 3 is 2.67 bits per heavy atom. The van der Waals surface area contributed by atoms with Gasteiger partial charge in [0.25, 0.3) is 5.56 Å². The fourth-order valence-electron chi connectivity index (χ4n) is 2.78. The smallest absolute Gasteiger partial charge is 0.267 e. The van der Waals surface area contributed by atoms with E-state index in [0.29, 0.717) is 11.4 Å². The summed E-state index contributed by atoms with van der Waals surface area (Å²) in [6.07, 6.45) is 0. The van der Waals surface area contributed by atoms with Crippen LogP contribution in [0.5, 0.6) is 5.75 Å². The van der Waals surface area contributed by atoms with Crippen molar-refractivity contribution in [3.05, 3.63) is 76.1 Å². The Kier molecular flexibility index (Phi) is 5.35. The number of carbonyl (C=O) groups excluding carboxylic acids is 1. The van der Waals surface area contributed by atoms with Gasteiger partial charge in [-0.2, -0.15) is 5.10 Å². The van der Waals surface area contributed by atoms with Crippen LogP contribution in [0.1, 0.15) is 11.1 Å². The van der Waals surface area contributed by atoms with E-state index in [1.54, 1.807) is 13.2 Å². The van der Waals surface area contributed by atoms with Gasteiger partial charge in [-0.1, -0.05) is 29.8 Å². The Morgan fingerprint density at radius 1 is 1.11 bits per heavy atom. The number of methoxy groups -OCH3 is 1. The van der Waals surface area contributed by atoms with E-state index in [9.17, 15) is 9.59 Å². The average molecular weight is 363 g/mol. The van der Waals surface area contributed by atoms with Gasteiger partial charge in [-0.25, -0.2) is 4.68 Å². The van der Waals surface area contributed by atoms with Crippen LogP contribution in [-0.2, 0) is 11.3 Å². The van der Waals surface area contributed by atoms with Crippen LogP contribution in [0.15, 0.2) is 59.4 Å². The van der Waals surface area contributed by atoms with Crippen LogP contribution in [0.2, 0.25) is 0 Å². The molecule has 138 valence electrons. The highest BCUT2D eigenvalue weighted by Gasteiger charge is 2.10. The van der Waals surface area contributed by atoms with Crippen molar-refractivity contribution in [1.82, 2.24) is 9.78 Å². The molecule has 6 heteroatoms. The molecule has 0 fully saturated rings. The SMILES string of the molecule is COc1cccc(-c2ccc(=O)n(CC(=O)Nc3ccc(C)cc3C)n2)c1. The molecule has 0 saturated carbocycles. The van der Waals surface area contributed by atoms with Gasteiger partial charge in [0.2, 0.25) is 5.91 Å². The van der Waals surface area contributed by atoms with Crippen LogP contribution in [0, 0.1) is 13.8 Å². The molecule has 1 heterocycles. The minimum absolute atomic E-state index is 0.163. The average Bonchev–Trinajstić information content (AvgIpc) is 2.66. The molecular weight excluding hydrogens is 342 g/mol. The fraction of sp³-hybridized carbons (Fsp3) is 0.190. The molecule has 1 N–H and O–H groups in total. The van der Waals surface area contributed by atoms with Crippen molar-refractivity contribution in [3.8, 4) is 17.0 Å². The number of hydrogen-bond donors (Lipinski definition) is 1. The van der Waals surface area contributed by atoms with Crippen LogP contribution >= 0.6 is 0 Å². The Morgan fingerprint density at radius 2 is 1.93 bits per heavy atom. The maximum Gasteiger partial charge on any atom is 0.267 e. The van der Waals surface area contributed by atoms with E-state index in [1.807, 2.05) is 56.3 Å². The zero-order chi connectivity index (χ0) is 19.4. The second kappa shape index (κ2) is 7.86. The quantitative estimate of drug-likeness (QED) is 0.756. The van der Waals surface area contributed by atoms with Crippen molar-refractivity contribution >= 4 is 11.6 Å². The zero-order valence-electron chi connectivity index (χ0n) is 15.5. The van der Waals surface area contributed by atoms with E-state index in [1.165, 1.54) is 6.07 Å². The Bertz CT molecular complexity index is 1040. The van der Waals surface area contributed by atoms with Crippen LogP contribution in [0.25, 0.3) is 11.3 Å². The number of rotatable bonds is 5. The highest BCUT2D eigenvalue weighted by molar-refractivity contribution is 5.91. The molecule has 0 unspecified atom stereocenters. The Labute approximate surface area is 157 Å². The number of amides is 1. The van der Waals surface area contributed by atoms with Crippen molar-refractivity contribution in [1.29, 1.82) is 0 Å². The number of carbonyl (C=O) groups is 1. The van der Waals surface area contributed by atoms with E-state index in [2.05, 4.69) is 10.4 Å². The Hall–Kier alpha value is -3.41. The summed E-state index contributed by atoms with van der Waals surface area (Å²) in [5.74, 6) is 0.388. The lowest BCUT2D eigenvalue weighted by Gasteiger charge is -2.11. The highest BCUT2D eigenvalue weighted by atomic mass is 16.5. The number of benzene rings is 2. The molecule has 0 spiro atoms. The molecule has 0 atom stereocenters. The molecule has 6 nitrogen and oxygen atoms in total. The number of aromatic nitrogens is 2. The molecule has 0 saturated heterocycles. The molecule has 3 aromatic rings. The molecule has 0 bridgehead atoms. The number of hydrogen-bond acceptors (Lipinski definition) is 4. The predicted molar refractivity (Wildman–Crippen MR) is 105 cm³/mol. The second-order valence-corrected chi connectivity index (χ2v) is 6.31. The normalized spacial score (nSPS) is 10.5. The summed E-state index contributed by atoms with van der Waals surface area (Å²) < 4.78 is 6.38. The second-order valence-electron chi connectivity index (χ2n) is 6.31. The van der Waals surface area contributed by atoms with Crippen LogP contribution in [-0.4, -0.2) is 22.8 Å². The van der Waals surface area contributed by atoms with E-state index >= 15 is 0 Å². The molecule has 0 aliphatic heterocycles. The van der Waals surface area contributed by atoms with Gasteiger partial charge in [0.15, 0.2) is 0 Å². The first kappa shape index (κ1) is 18.4. The maximum atomic E-state index is 12.4. The standard InChI is InChI=1S/C21H21N3O3/c1-14-7-8-18(15(2)11-14)22-20(25)13-24-21(26)10-9-19(23-24)16-5-4-6-17(12-16)27-3/h4-12H,13H2,1-3H3,(H,22,25). The third kappa shape index (κ3) is 4.41. The van der Waals surface area contributed by atoms with Gasteiger partial charge in [-0.05, 0) is 43.7 Å². The van der Waals surface area contributed by atoms with Gasteiger partial charge in [0.1, 0.15) is 12.3 Å². The first-order chi connectivity index (χ1) is 13.0. The van der Waals surface area contributed by atoms with Gasteiger partial charge in [0, 0.05) is 17.3 Å². The molecule has 0 radical (unpaired) electrons. The number of aryl methyl sites for hydroxylation is 2. The molecule has 2 aromatic carbocycles. The lowest BCUT2D eigenvalue weighted by atomic mass is 10.1. The molecule has 3 rings (SSSR count). The summed E-state index contributed by atoms with van der Waals surface area (Å²) >= 11 is 0. The molecule has 0 aliphatic rings. The monoisotopic (exact) mass is 363 g/mol. The van der Waals surface area contributed by atoms with Crippen molar-refractivity contribution in [3.63, 3.8) is 0 Å². The van der Waals surface area contributed by atoms with Crippen molar-refractivity contribution in [2.24, 2.45) is 0 Å². The summed E-state index contributed by atoms with van der Waals surface area (Å²) in [6, 6.07) is 16.2. The summed E-state index contributed by atoms with van der Waals surface area (Å²) in [6.45, 7) is 3.76. The maximum absolute atomic E-state index is 12.4. The van der Waals surface area contributed by atoms with Gasteiger partial charge in [0.05, 0.1) is 12.8 Å². The molecular formula is C21H21N3O3. The first-order valence-electron chi connectivity index (χ1n) is 8.56.